The molecule has 1 aromatic heterocycles. The van der Waals surface area contributed by atoms with Crippen LogP contribution in [0.3, 0.4) is 0 Å². The summed E-state index contributed by atoms with van der Waals surface area (Å²) in [5.74, 6) is 0.652. The van der Waals surface area contributed by atoms with Gasteiger partial charge < -0.3 is 14.0 Å². The van der Waals surface area contributed by atoms with Crippen LogP contribution < -0.4 is 14.9 Å². The summed E-state index contributed by atoms with van der Waals surface area (Å²) in [4.78, 5) is 12.4. The highest BCUT2D eigenvalue weighted by molar-refractivity contribution is 6.43. The Labute approximate surface area is 185 Å². The largest absolute Gasteiger partial charge is 0.493 e. The summed E-state index contributed by atoms with van der Waals surface area (Å²) in [6.07, 6.45) is 1.59. The van der Waals surface area contributed by atoms with Crippen LogP contribution in [0.2, 0.25) is 10.0 Å². The molecule has 156 valence electrons. The van der Waals surface area contributed by atoms with Crippen LogP contribution in [-0.4, -0.2) is 30.9 Å². The summed E-state index contributed by atoms with van der Waals surface area (Å²) < 4.78 is 12.4. The Bertz CT molecular complexity index is 1120. The van der Waals surface area contributed by atoms with Gasteiger partial charge >= 0.3 is 0 Å². The number of amides is 1. The van der Waals surface area contributed by atoms with E-state index in [9.17, 15) is 4.79 Å². The average Bonchev–Trinajstić information content (AvgIpc) is 3.02. The van der Waals surface area contributed by atoms with Crippen molar-refractivity contribution in [2.75, 3.05) is 14.2 Å². The lowest BCUT2D eigenvalue weighted by atomic mass is 10.2. The van der Waals surface area contributed by atoms with E-state index < -0.39 is 0 Å². The molecule has 8 heteroatoms. The molecule has 0 saturated heterocycles. The minimum absolute atomic E-state index is 0.362. The van der Waals surface area contributed by atoms with E-state index in [1.165, 1.54) is 14.2 Å². The molecule has 0 atom stereocenters. The zero-order valence-corrected chi connectivity index (χ0v) is 18.5. The Kier molecular flexibility index (Phi) is 6.70. The quantitative estimate of drug-likeness (QED) is 0.419. The molecule has 0 radical (unpaired) electrons. The lowest BCUT2D eigenvalue weighted by Gasteiger charge is -2.12. The van der Waals surface area contributed by atoms with E-state index in [1.807, 2.05) is 36.6 Å². The monoisotopic (exact) mass is 445 g/mol. The van der Waals surface area contributed by atoms with Crippen molar-refractivity contribution in [2.45, 2.75) is 13.8 Å². The second-order valence-corrected chi connectivity index (χ2v) is 7.29. The van der Waals surface area contributed by atoms with Crippen molar-refractivity contribution in [1.82, 2.24) is 9.99 Å². The van der Waals surface area contributed by atoms with Crippen molar-refractivity contribution in [3.63, 3.8) is 0 Å². The number of halogens is 2. The first-order valence-corrected chi connectivity index (χ1v) is 9.81. The van der Waals surface area contributed by atoms with Gasteiger partial charge in [0.05, 0.1) is 36.2 Å². The van der Waals surface area contributed by atoms with Gasteiger partial charge in [-0.25, -0.2) is 5.43 Å². The molecule has 0 bridgehead atoms. The minimum Gasteiger partial charge on any atom is -0.493 e. The predicted octanol–water partition coefficient (Wildman–Crippen LogP) is 5.18. The van der Waals surface area contributed by atoms with Gasteiger partial charge in [-0.05, 0) is 50.2 Å². The fraction of sp³-hybridized carbons (Fsp3) is 0.182. The van der Waals surface area contributed by atoms with Gasteiger partial charge in [0.15, 0.2) is 11.5 Å². The second kappa shape index (κ2) is 9.24. The zero-order valence-electron chi connectivity index (χ0n) is 17.0. The average molecular weight is 446 g/mol. The van der Waals surface area contributed by atoms with E-state index in [1.54, 1.807) is 30.5 Å². The van der Waals surface area contributed by atoms with Gasteiger partial charge in [-0.3, -0.25) is 4.79 Å². The van der Waals surface area contributed by atoms with E-state index >= 15 is 0 Å². The first-order chi connectivity index (χ1) is 14.4. The van der Waals surface area contributed by atoms with Crippen LogP contribution >= 0.6 is 23.2 Å². The molecule has 0 unspecified atom stereocenters. The molecule has 6 nitrogen and oxygen atoms in total. The maximum absolute atomic E-state index is 12.4. The molecule has 0 aliphatic rings. The van der Waals surface area contributed by atoms with Gasteiger partial charge in [-0.1, -0.05) is 29.3 Å². The first-order valence-electron chi connectivity index (χ1n) is 9.06. The highest BCUT2D eigenvalue weighted by Crippen LogP contribution is 2.31. The summed E-state index contributed by atoms with van der Waals surface area (Å²) in [7, 11) is 3.05. The third-order valence-electron chi connectivity index (χ3n) is 4.66. The fourth-order valence-corrected chi connectivity index (χ4v) is 3.54. The van der Waals surface area contributed by atoms with E-state index in [4.69, 9.17) is 32.7 Å². The maximum Gasteiger partial charge on any atom is 0.271 e. The summed E-state index contributed by atoms with van der Waals surface area (Å²) in [5, 5.41) is 5.06. The third-order valence-corrected chi connectivity index (χ3v) is 5.47. The Balaban J connectivity index is 1.81. The molecule has 1 amide bonds. The third kappa shape index (κ3) is 4.30. The normalized spacial score (nSPS) is 11.0. The fourth-order valence-electron chi connectivity index (χ4n) is 3.16. The lowest BCUT2D eigenvalue weighted by molar-refractivity contribution is 0.0954. The molecule has 0 fully saturated rings. The van der Waals surface area contributed by atoms with Gasteiger partial charge in [0.25, 0.3) is 5.91 Å². The van der Waals surface area contributed by atoms with E-state index in [2.05, 4.69) is 10.5 Å². The Hall–Kier alpha value is -2.96. The number of rotatable bonds is 6. The molecule has 3 aromatic rings. The number of aromatic nitrogens is 1. The Morgan fingerprint density at radius 3 is 2.50 bits per heavy atom. The smallest absolute Gasteiger partial charge is 0.271 e. The van der Waals surface area contributed by atoms with Crippen molar-refractivity contribution in [2.24, 2.45) is 5.10 Å². The second-order valence-electron chi connectivity index (χ2n) is 6.50. The first kappa shape index (κ1) is 21.7. The number of hydrazone groups is 1. The molecule has 2 aromatic carbocycles. The molecular weight excluding hydrogens is 425 g/mol. The number of nitrogens with one attached hydrogen (secondary N) is 1. The summed E-state index contributed by atoms with van der Waals surface area (Å²) in [6, 6.07) is 12.3. The molecule has 0 saturated carbocycles. The minimum atomic E-state index is -0.362. The van der Waals surface area contributed by atoms with E-state index in [0.29, 0.717) is 27.1 Å². The number of nitrogens with zero attached hydrogens (tertiary/aromatic N) is 2. The van der Waals surface area contributed by atoms with Crippen LogP contribution in [0.25, 0.3) is 5.69 Å². The van der Waals surface area contributed by atoms with Crippen molar-refractivity contribution in [1.29, 1.82) is 0 Å². The van der Waals surface area contributed by atoms with Crippen molar-refractivity contribution >= 4 is 35.3 Å². The number of hydrogen-bond donors (Lipinski definition) is 1. The van der Waals surface area contributed by atoms with Gasteiger partial charge in [-0.15, -0.1) is 0 Å². The Morgan fingerprint density at radius 2 is 1.80 bits per heavy atom. The Morgan fingerprint density at radius 1 is 1.07 bits per heavy atom. The van der Waals surface area contributed by atoms with Crippen LogP contribution in [0.4, 0.5) is 0 Å². The SMILES string of the molecule is COc1ccc(C(=O)N/N=C/c2cc(C)n(-c3cccc(Cl)c3Cl)c2C)cc1OC. The molecule has 0 aliphatic carbocycles. The molecule has 30 heavy (non-hydrogen) atoms. The van der Waals surface area contributed by atoms with Crippen LogP contribution in [-0.2, 0) is 0 Å². The summed E-state index contributed by atoms with van der Waals surface area (Å²) in [5.41, 5.74) is 6.44. The maximum atomic E-state index is 12.4. The predicted molar refractivity (Wildman–Crippen MR) is 120 cm³/mol. The molecule has 0 spiro atoms. The number of aryl methyl sites for hydroxylation is 1. The van der Waals surface area contributed by atoms with Gasteiger partial charge in [0.1, 0.15) is 0 Å². The molecule has 1 heterocycles. The van der Waals surface area contributed by atoms with E-state index in [-0.39, 0.29) is 5.91 Å². The van der Waals surface area contributed by atoms with Crippen molar-refractivity contribution in [3.8, 4) is 17.2 Å². The number of ether oxygens (including phenoxy) is 2. The number of carbonyl (C=O) groups excluding carboxylic acids is 1. The zero-order chi connectivity index (χ0) is 21.8. The van der Waals surface area contributed by atoms with Crippen molar-refractivity contribution < 1.29 is 14.3 Å². The summed E-state index contributed by atoms with van der Waals surface area (Å²) in [6.45, 7) is 3.91. The highest BCUT2D eigenvalue weighted by Gasteiger charge is 2.14. The molecule has 0 aliphatic heterocycles. The van der Waals surface area contributed by atoms with E-state index in [0.717, 1.165) is 22.6 Å². The number of hydrogen-bond acceptors (Lipinski definition) is 4. The van der Waals surface area contributed by atoms with Crippen LogP contribution in [0, 0.1) is 13.8 Å². The number of methoxy groups -OCH3 is 2. The van der Waals surface area contributed by atoms with Crippen LogP contribution in [0.15, 0.2) is 47.6 Å². The van der Waals surface area contributed by atoms with Crippen LogP contribution in [0.1, 0.15) is 27.3 Å². The van der Waals surface area contributed by atoms with Crippen molar-refractivity contribution in [3.05, 3.63) is 75.0 Å². The number of benzene rings is 2. The standard InChI is InChI=1S/C22H21Cl2N3O3/c1-13-10-16(14(2)27(13)18-7-5-6-17(23)21(18)24)12-25-26-22(28)15-8-9-19(29-3)20(11-15)30-4/h5-12H,1-4H3,(H,26,28)/b25-12+. The lowest BCUT2D eigenvalue weighted by Crippen LogP contribution is -2.17. The van der Waals surface area contributed by atoms with Crippen LogP contribution in [0.5, 0.6) is 11.5 Å². The molecule has 3 rings (SSSR count). The number of carbonyl (C=O) groups is 1. The topological polar surface area (TPSA) is 64.8 Å². The van der Waals surface area contributed by atoms with Gasteiger partial charge in [-0.2, -0.15) is 5.10 Å². The molecule has 1 N–H and O–H groups in total. The van der Waals surface area contributed by atoms with Gasteiger partial charge in [0.2, 0.25) is 0 Å². The van der Waals surface area contributed by atoms with Gasteiger partial charge in [0, 0.05) is 22.5 Å². The summed E-state index contributed by atoms with van der Waals surface area (Å²) >= 11 is 12.5. The molecular formula is C22H21Cl2N3O3. The highest BCUT2D eigenvalue weighted by atomic mass is 35.5.